The van der Waals surface area contributed by atoms with E-state index in [0.717, 1.165) is 42.9 Å². The lowest BCUT2D eigenvalue weighted by molar-refractivity contribution is -0.133. The number of carbonyl (C=O) groups is 1. The summed E-state index contributed by atoms with van der Waals surface area (Å²) in [6, 6.07) is 15.2. The number of anilines is 1. The number of carbonyl (C=O) groups excluding carboxylic acids is 1. The standard InChI is InChI=1S/C20H22N2O3/c23-20(22-11-5-2-6-12-22)19(15-7-3-1-4-8-15)21-16-9-10-17-18(13-16)25-14-24-17/h1,3-4,7-10,13,19,21H,2,5-6,11-12,14H2/t19-/m1/s1. The zero-order chi connectivity index (χ0) is 17.1. The van der Waals surface area contributed by atoms with Crippen molar-refractivity contribution in [2.24, 2.45) is 0 Å². The van der Waals surface area contributed by atoms with Crippen LogP contribution in [0.3, 0.4) is 0 Å². The van der Waals surface area contributed by atoms with Crippen LogP contribution in [0.2, 0.25) is 0 Å². The third kappa shape index (κ3) is 3.40. The van der Waals surface area contributed by atoms with Crippen molar-refractivity contribution in [2.45, 2.75) is 25.3 Å². The molecule has 1 N–H and O–H groups in total. The number of rotatable bonds is 4. The molecule has 0 aromatic heterocycles. The first kappa shape index (κ1) is 15.8. The molecular formula is C20H22N2O3. The minimum Gasteiger partial charge on any atom is -0.454 e. The van der Waals surface area contributed by atoms with E-state index in [1.807, 2.05) is 53.4 Å². The smallest absolute Gasteiger partial charge is 0.249 e. The van der Waals surface area contributed by atoms with Crippen LogP contribution in [-0.2, 0) is 4.79 Å². The van der Waals surface area contributed by atoms with Crippen LogP contribution in [0.15, 0.2) is 48.5 Å². The number of likely N-dealkylation sites (tertiary alicyclic amines) is 1. The summed E-state index contributed by atoms with van der Waals surface area (Å²) in [5.41, 5.74) is 1.82. The van der Waals surface area contributed by atoms with Gasteiger partial charge in [-0.05, 0) is 37.0 Å². The fourth-order valence-electron chi connectivity index (χ4n) is 3.38. The second-order valence-corrected chi connectivity index (χ2v) is 6.44. The molecule has 0 saturated carbocycles. The van der Waals surface area contributed by atoms with Gasteiger partial charge >= 0.3 is 0 Å². The number of hydrogen-bond donors (Lipinski definition) is 1. The number of nitrogens with zero attached hydrogens (tertiary/aromatic N) is 1. The van der Waals surface area contributed by atoms with E-state index in [9.17, 15) is 4.79 Å². The lowest BCUT2D eigenvalue weighted by Crippen LogP contribution is -2.41. The third-order valence-electron chi connectivity index (χ3n) is 4.73. The maximum absolute atomic E-state index is 13.1. The average molecular weight is 338 g/mol. The van der Waals surface area contributed by atoms with E-state index in [-0.39, 0.29) is 12.7 Å². The Morgan fingerprint density at radius 1 is 0.960 bits per heavy atom. The number of hydrogen-bond acceptors (Lipinski definition) is 4. The first-order valence-electron chi connectivity index (χ1n) is 8.81. The molecule has 4 rings (SSSR count). The SMILES string of the molecule is O=C([C@H](Nc1ccc2c(c1)OCO2)c1ccccc1)N1CCCCC1. The molecule has 130 valence electrons. The zero-order valence-electron chi connectivity index (χ0n) is 14.1. The second-order valence-electron chi connectivity index (χ2n) is 6.44. The second kappa shape index (κ2) is 7.05. The number of ether oxygens (including phenoxy) is 2. The summed E-state index contributed by atoms with van der Waals surface area (Å²) in [6.07, 6.45) is 3.37. The Morgan fingerprint density at radius 3 is 2.52 bits per heavy atom. The zero-order valence-corrected chi connectivity index (χ0v) is 14.1. The molecule has 2 aromatic carbocycles. The first-order valence-corrected chi connectivity index (χ1v) is 8.81. The Bertz CT molecular complexity index is 742. The topological polar surface area (TPSA) is 50.8 Å². The third-order valence-corrected chi connectivity index (χ3v) is 4.73. The molecule has 1 amide bonds. The quantitative estimate of drug-likeness (QED) is 0.926. The first-order chi connectivity index (χ1) is 12.3. The molecular weight excluding hydrogens is 316 g/mol. The Morgan fingerprint density at radius 2 is 1.72 bits per heavy atom. The summed E-state index contributed by atoms with van der Waals surface area (Å²) >= 11 is 0. The molecule has 2 aliphatic rings. The van der Waals surface area contributed by atoms with Gasteiger partial charge in [0.15, 0.2) is 11.5 Å². The molecule has 5 heteroatoms. The van der Waals surface area contributed by atoms with Gasteiger partial charge in [-0.2, -0.15) is 0 Å². The molecule has 2 aromatic rings. The Labute approximate surface area is 147 Å². The highest BCUT2D eigenvalue weighted by Crippen LogP contribution is 2.35. The van der Waals surface area contributed by atoms with E-state index in [1.165, 1.54) is 6.42 Å². The maximum Gasteiger partial charge on any atom is 0.249 e. The van der Waals surface area contributed by atoms with Crippen molar-refractivity contribution in [1.82, 2.24) is 4.90 Å². The molecule has 0 bridgehead atoms. The average Bonchev–Trinajstić information content (AvgIpc) is 3.15. The van der Waals surface area contributed by atoms with Crippen molar-refractivity contribution < 1.29 is 14.3 Å². The fraction of sp³-hybridized carbons (Fsp3) is 0.350. The van der Waals surface area contributed by atoms with E-state index in [2.05, 4.69) is 5.32 Å². The molecule has 0 spiro atoms. The Balaban J connectivity index is 1.60. The summed E-state index contributed by atoms with van der Waals surface area (Å²) < 4.78 is 10.8. The number of piperidine rings is 1. The van der Waals surface area contributed by atoms with Crippen LogP contribution in [0.1, 0.15) is 30.9 Å². The normalized spacial score (nSPS) is 17.2. The molecule has 0 aliphatic carbocycles. The van der Waals surface area contributed by atoms with Crippen molar-refractivity contribution in [1.29, 1.82) is 0 Å². The predicted molar refractivity (Wildman–Crippen MR) is 95.8 cm³/mol. The lowest BCUT2D eigenvalue weighted by Gasteiger charge is -2.31. The minimum absolute atomic E-state index is 0.128. The minimum atomic E-state index is -0.403. The molecule has 1 atom stereocenters. The van der Waals surface area contributed by atoms with Crippen LogP contribution in [0.25, 0.3) is 0 Å². The van der Waals surface area contributed by atoms with E-state index in [0.29, 0.717) is 5.75 Å². The highest BCUT2D eigenvalue weighted by molar-refractivity contribution is 5.86. The van der Waals surface area contributed by atoms with Crippen molar-refractivity contribution in [3.05, 3.63) is 54.1 Å². The Kier molecular flexibility index (Phi) is 4.46. The molecule has 0 unspecified atom stereocenters. The summed E-state index contributed by atoms with van der Waals surface area (Å²) in [7, 11) is 0. The van der Waals surface area contributed by atoms with Crippen LogP contribution in [-0.4, -0.2) is 30.7 Å². The molecule has 2 heterocycles. The number of nitrogens with one attached hydrogen (secondary N) is 1. The fourth-order valence-corrected chi connectivity index (χ4v) is 3.38. The predicted octanol–water partition coefficient (Wildman–Crippen LogP) is 3.58. The van der Waals surface area contributed by atoms with Crippen molar-refractivity contribution in [3.8, 4) is 11.5 Å². The van der Waals surface area contributed by atoms with Gasteiger partial charge in [0.1, 0.15) is 6.04 Å². The highest BCUT2D eigenvalue weighted by atomic mass is 16.7. The summed E-state index contributed by atoms with van der Waals surface area (Å²) in [5.74, 6) is 1.58. The largest absolute Gasteiger partial charge is 0.454 e. The maximum atomic E-state index is 13.1. The van der Waals surface area contributed by atoms with Gasteiger partial charge in [-0.15, -0.1) is 0 Å². The molecule has 2 aliphatic heterocycles. The summed E-state index contributed by atoms with van der Waals surface area (Å²) in [5, 5.41) is 3.40. The monoisotopic (exact) mass is 338 g/mol. The highest BCUT2D eigenvalue weighted by Gasteiger charge is 2.27. The van der Waals surface area contributed by atoms with Crippen LogP contribution in [0.4, 0.5) is 5.69 Å². The van der Waals surface area contributed by atoms with Gasteiger partial charge in [0.2, 0.25) is 12.7 Å². The van der Waals surface area contributed by atoms with Crippen molar-refractivity contribution in [3.63, 3.8) is 0 Å². The van der Waals surface area contributed by atoms with Gasteiger partial charge in [-0.25, -0.2) is 0 Å². The van der Waals surface area contributed by atoms with E-state index in [4.69, 9.17) is 9.47 Å². The lowest BCUT2D eigenvalue weighted by atomic mass is 10.0. The van der Waals surface area contributed by atoms with E-state index in [1.54, 1.807) is 0 Å². The van der Waals surface area contributed by atoms with Gasteiger partial charge in [0.25, 0.3) is 0 Å². The number of benzene rings is 2. The van der Waals surface area contributed by atoms with Crippen LogP contribution in [0.5, 0.6) is 11.5 Å². The van der Waals surface area contributed by atoms with E-state index < -0.39 is 6.04 Å². The molecule has 5 nitrogen and oxygen atoms in total. The van der Waals surface area contributed by atoms with Gasteiger partial charge < -0.3 is 19.7 Å². The van der Waals surface area contributed by atoms with Crippen LogP contribution < -0.4 is 14.8 Å². The van der Waals surface area contributed by atoms with Gasteiger partial charge in [-0.3, -0.25) is 4.79 Å². The number of fused-ring (bicyclic) bond motifs is 1. The Hall–Kier alpha value is -2.69. The van der Waals surface area contributed by atoms with E-state index >= 15 is 0 Å². The summed E-state index contributed by atoms with van der Waals surface area (Å²) in [6.45, 7) is 1.92. The van der Waals surface area contributed by atoms with Crippen LogP contribution in [0, 0.1) is 0 Å². The number of amides is 1. The van der Waals surface area contributed by atoms with Gasteiger partial charge in [-0.1, -0.05) is 30.3 Å². The van der Waals surface area contributed by atoms with Gasteiger partial charge in [0.05, 0.1) is 0 Å². The van der Waals surface area contributed by atoms with Crippen molar-refractivity contribution >= 4 is 11.6 Å². The van der Waals surface area contributed by atoms with Crippen molar-refractivity contribution in [2.75, 3.05) is 25.2 Å². The summed E-state index contributed by atoms with van der Waals surface area (Å²) in [4.78, 5) is 15.1. The van der Waals surface area contributed by atoms with Crippen LogP contribution >= 0.6 is 0 Å². The molecule has 25 heavy (non-hydrogen) atoms. The molecule has 1 saturated heterocycles. The molecule has 0 radical (unpaired) electrons. The molecule has 1 fully saturated rings. The van der Waals surface area contributed by atoms with Gasteiger partial charge in [0, 0.05) is 24.8 Å².